The van der Waals surface area contributed by atoms with Gasteiger partial charge >= 0.3 is 0 Å². The highest BCUT2D eigenvalue weighted by Crippen LogP contribution is 2.30. The number of benzene rings is 2. The molecule has 0 atom stereocenters. The lowest BCUT2D eigenvalue weighted by Gasteiger charge is -2.07. The zero-order valence-electron chi connectivity index (χ0n) is 11.8. The van der Waals surface area contributed by atoms with Crippen LogP contribution in [0.25, 0.3) is 10.1 Å². The van der Waals surface area contributed by atoms with E-state index in [9.17, 15) is 4.79 Å². The van der Waals surface area contributed by atoms with Crippen LogP contribution in [0, 0.1) is 0 Å². The Bertz CT molecular complexity index is 782. The van der Waals surface area contributed by atoms with E-state index in [1.54, 1.807) is 43.8 Å². The number of carbonyl (C=O) groups excluding carboxylic acids is 1. The lowest BCUT2D eigenvalue weighted by Crippen LogP contribution is -2.01. The van der Waals surface area contributed by atoms with Crippen molar-refractivity contribution in [2.75, 3.05) is 14.2 Å². The molecule has 3 rings (SSSR count). The van der Waals surface area contributed by atoms with Crippen molar-refractivity contribution in [3.63, 3.8) is 0 Å². The summed E-state index contributed by atoms with van der Waals surface area (Å²) in [5, 5.41) is 2.88. The average molecular weight is 298 g/mol. The lowest BCUT2D eigenvalue weighted by molar-refractivity contribution is 0.104. The van der Waals surface area contributed by atoms with Gasteiger partial charge in [0.25, 0.3) is 0 Å². The molecule has 0 amide bonds. The van der Waals surface area contributed by atoms with Gasteiger partial charge in [-0.25, -0.2) is 0 Å². The second kappa shape index (κ2) is 5.58. The monoisotopic (exact) mass is 298 g/mol. The van der Waals surface area contributed by atoms with Gasteiger partial charge in [0.15, 0.2) is 5.78 Å². The first kappa shape index (κ1) is 13.6. The van der Waals surface area contributed by atoms with Crippen LogP contribution in [-0.2, 0) is 0 Å². The molecule has 0 N–H and O–H groups in total. The molecule has 0 bridgehead atoms. The number of rotatable bonds is 4. The predicted octanol–water partition coefficient (Wildman–Crippen LogP) is 4.15. The molecule has 1 aromatic heterocycles. The SMILES string of the molecule is COc1cc(OC)cc(C(=O)c2csc3ccccc23)c1. The molecule has 0 unspecified atom stereocenters. The third-order valence-electron chi connectivity index (χ3n) is 3.34. The molecular formula is C17H14O3S. The number of methoxy groups -OCH3 is 2. The molecule has 21 heavy (non-hydrogen) atoms. The number of ether oxygens (including phenoxy) is 2. The Balaban J connectivity index is 2.09. The number of hydrogen-bond donors (Lipinski definition) is 0. The molecule has 0 aliphatic carbocycles. The number of hydrogen-bond acceptors (Lipinski definition) is 4. The lowest BCUT2D eigenvalue weighted by atomic mass is 10.0. The fourth-order valence-corrected chi connectivity index (χ4v) is 3.19. The van der Waals surface area contributed by atoms with Gasteiger partial charge in [0, 0.05) is 32.7 Å². The smallest absolute Gasteiger partial charge is 0.194 e. The van der Waals surface area contributed by atoms with E-state index in [1.165, 1.54) is 0 Å². The van der Waals surface area contributed by atoms with Crippen molar-refractivity contribution in [1.82, 2.24) is 0 Å². The first-order valence-corrected chi connectivity index (χ1v) is 7.35. The van der Waals surface area contributed by atoms with E-state index in [0.29, 0.717) is 22.6 Å². The highest BCUT2D eigenvalue weighted by atomic mass is 32.1. The standard InChI is InChI=1S/C17H14O3S/c1-19-12-7-11(8-13(9-12)20-2)17(18)15-10-21-16-6-4-3-5-14(15)16/h3-10H,1-2H3. The van der Waals surface area contributed by atoms with Crippen molar-refractivity contribution in [2.24, 2.45) is 0 Å². The number of ketones is 1. The normalized spacial score (nSPS) is 10.6. The van der Waals surface area contributed by atoms with E-state index < -0.39 is 0 Å². The topological polar surface area (TPSA) is 35.5 Å². The molecule has 0 spiro atoms. The average Bonchev–Trinajstić information content (AvgIpc) is 2.97. The van der Waals surface area contributed by atoms with Crippen LogP contribution >= 0.6 is 11.3 Å². The van der Waals surface area contributed by atoms with Crippen LogP contribution in [0.3, 0.4) is 0 Å². The van der Waals surface area contributed by atoms with Gasteiger partial charge in [-0.15, -0.1) is 11.3 Å². The van der Waals surface area contributed by atoms with Crippen LogP contribution in [-0.4, -0.2) is 20.0 Å². The Kier molecular flexibility index (Phi) is 3.62. The van der Waals surface area contributed by atoms with Gasteiger partial charge in [-0.3, -0.25) is 4.79 Å². The highest BCUT2D eigenvalue weighted by Gasteiger charge is 2.16. The van der Waals surface area contributed by atoms with Gasteiger partial charge in [0.2, 0.25) is 0 Å². The first-order chi connectivity index (χ1) is 10.2. The van der Waals surface area contributed by atoms with E-state index in [4.69, 9.17) is 9.47 Å². The molecule has 2 aromatic carbocycles. The first-order valence-electron chi connectivity index (χ1n) is 6.47. The minimum atomic E-state index is -0.0235. The van der Waals surface area contributed by atoms with Crippen LogP contribution in [0.4, 0.5) is 0 Å². The summed E-state index contributed by atoms with van der Waals surface area (Å²) in [4.78, 5) is 12.8. The quantitative estimate of drug-likeness (QED) is 0.679. The zero-order valence-corrected chi connectivity index (χ0v) is 12.6. The van der Waals surface area contributed by atoms with Crippen LogP contribution in [0.2, 0.25) is 0 Å². The molecular weight excluding hydrogens is 284 g/mol. The van der Waals surface area contributed by atoms with E-state index in [2.05, 4.69) is 0 Å². The van der Waals surface area contributed by atoms with Gasteiger partial charge in [-0.2, -0.15) is 0 Å². The van der Waals surface area contributed by atoms with Crippen LogP contribution < -0.4 is 9.47 Å². The van der Waals surface area contributed by atoms with E-state index >= 15 is 0 Å². The minimum absolute atomic E-state index is 0.0235. The molecule has 0 aliphatic rings. The summed E-state index contributed by atoms with van der Waals surface area (Å²) in [6.07, 6.45) is 0. The largest absolute Gasteiger partial charge is 0.497 e. The Labute approximate surface area is 126 Å². The summed E-state index contributed by atoms with van der Waals surface area (Å²) in [6, 6.07) is 13.1. The fraction of sp³-hybridized carbons (Fsp3) is 0.118. The molecule has 0 fully saturated rings. The molecule has 0 saturated carbocycles. The van der Waals surface area contributed by atoms with Gasteiger partial charge in [0.1, 0.15) is 11.5 Å². The Morgan fingerprint density at radius 1 is 1.00 bits per heavy atom. The molecule has 0 aliphatic heterocycles. The Hall–Kier alpha value is -2.33. The summed E-state index contributed by atoms with van der Waals surface area (Å²) in [6.45, 7) is 0. The van der Waals surface area contributed by atoms with Crippen molar-refractivity contribution in [2.45, 2.75) is 0 Å². The van der Waals surface area contributed by atoms with Crippen molar-refractivity contribution < 1.29 is 14.3 Å². The second-order valence-corrected chi connectivity index (χ2v) is 5.49. The maximum absolute atomic E-state index is 12.8. The van der Waals surface area contributed by atoms with Gasteiger partial charge in [-0.05, 0) is 18.2 Å². The molecule has 3 nitrogen and oxygen atoms in total. The summed E-state index contributed by atoms with van der Waals surface area (Å²) < 4.78 is 11.6. The van der Waals surface area contributed by atoms with Crippen molar-refractivity contribution in [3.8, 4) is 11.5 Å². The van der Waals surface area contributed by atoms with Crippen molar-refractivity contribution in [3.05, 3.63) is 59.0 Å². The summed E-state index contributed by atoms with van der Waals surface area (Å²) in [5.41, 5.74) is 1.28. The summed E-state index contributed by atoms with van der Waals surface area (Å²) in [7, 11) is 3.14. The maximum atomic E-state index is 12.8. The van der Waals surface area contributed by atoms with Crippen LogP contribution in [0.15, 0.2) is 47.8 Å². The van der Waals surface area contributed by atoms with Gasteiger partial charge in [-0.1, -0.05) is 18.2 Å². The van der Waals surface area contributed by atoms with Gasteiger partial charge in [0.05, 0.1) is 14.2 Å². The highest BCUT2D eigenvalue weighted by molar-refractivity contribution is 7.17. The number of thiophene rings is 1. The minimum Gasteiger partial charge on any atom is -0.497 e. The van der Waals surface area contributed by atoms with Crippen LogP contribution in [0.1, 0.15) is 15.9 Å². The summed E-state index contributed by atoms with van der Waals surface area (Å²) in [5.74, 6) is 1.19. The fourth-order valence-electron chi connectivity index (χ4n) is 2.25. The zero-order chi connectivity index (χ0) is 14.8. The van der Waals surface area contributed by atoms with E-state index in [-0.39, 0.29) is 5.78 Å². The second-order valence-electron chi connectivity index (χ2n) is 4.58. The third-order valence-corrected chi connectivity index (χ3v) is 4.30. The number of carbonyl (C=O) groups is 1. The van der Waals surface area contributed by atoms with Crippen molar-refractivity contribution in [1.29, 1.82) is 0 Å². The van der Waals surface area contributed by atoms with Gasteiger partial charge < -0.3 is 9.47 Å². The Morgan fingerprint density at radius 2 is 1.67 bits per heavy atom. The van der Waals surface area contributed by atoms with E-state index in [0.717, 1.165) is 10.1 Å². The molecule has 1 heterocycles. The third kappa shape index (κ3) is 2.50. The summed E-state index contributed by atoms with van der Waals surface area (Å²) >= 11 is 1.57. The molecule has 0 saturated heterocycles. The molecule has 3 aromatic rings. The predicted molar refractivity (Wildman–Crippen MR) is 84.8 cm³/mol. The Morgan fingerprint density at radius 3 is 2.33 bits per heavy atom. The number of fused-ring (bicyclic) bond motifs is 1. The maximum Gasteiger partial charge on any atom is 0.194 e. The molecule has 0 radical (unpaired) electrons. The van der Waals surface area contributed by atoms with Crippen molar-refractivity contribution >= 4 is 27.2 Å². The van der Waals surface area contributed by atoms with E-state index in [1.807, 2.05) is 29.6 Å². The molecule has 4 heteroatoms. The molecule has 106 valence electrons. The van der Waals surface area contributed by atoms with Crippen LogP contribution in [0.5, 0.6) is 11.5 Å².